The highest BCUT2D eigenvalue weighted by Gasteiger charge is 2.45. The summed E-state index contributed by atoms with van der Waals surface area (Å²) in [4.78, 5) is 11.6. The molecule has 23 heavy (non-hydrogen) atoms. The van der Waals surface area contributed by atoms with Gasteiger partial charge in [0, 0.05) is 17.0 Å². The molecule has 2 heterocycles. The zero-order valence-electron chi connectivity index (χ0n) is 12.9. The van der Waals surface area contributed by atoms with Gasteiger partial charge in [-0.15, -0.1) is 11.3 Å². The molecule has 0 amide bonds. The quantitative estimate of drug-likeness (QED) is 0.527. The van der Waals surface area contributed by atoms with Gasteiger partial charge in [-0.1, -0.05) is 26.0 Å². The van der Waals surface area contributed by atoms with E-state index in [1.807, 2.05) is 17.5 Å². The monoisotopic (exact) mass is 334 g/mol. The minimum absolute atomic E-state index is 0.111. The molecule has 1 aromatic carbocycles. The van der Waals surface area contributed by atoms with E-state index < -0.39 is 10.7 Å². The first-order valence-corrected chi connectivity index (χ1v) is 8.08. The number of ether oxygens (including phenoxy) is 2. The van der Waals surface area contributed by atoms with Crippen molar-refractivity contribution < 1.29 is 14.4 Å². The third kappa shape index (κ3) is 2.83. The molecule has 1 aliphatic heterocycles. The van der Waals surface area contributed by atoms with Crippen molar-refractivity contribution in [1.29, 1.82) is 0 Å². The van der Waals surface area contributed by atoms with Crippen LogP contribution >= 0.6 is 11.3 Å². The van der Waals surface area contributed by atoms with Crippen LogP contribution in [0.5, 0.6) is 0 Å². The second-order valence-electron chi connectivity index (χ2n) is 6.37. The molecule has 1 aromatic heterocycles. The maximum Gasteiger partial charge on any atom is 0.292 e. The molecule has 1 saturated heterocycles. The van der Waals surface area contributed by atoms with Crippen LogP contribution in [-0.4, -0.2) is 18.1 Å². The predicted octanol–water partition coefficient (Wildman–Crippen LogP) is 3.51. The van der Waals surface area contributed by atoms with Gasteiger partial charge >= 0.3 is 0 Å². The van der Waals surface area contributed by atoms with E-state index in [1.165, 1.54) is 23.5 Å². The zero-order chi connectivity index (χ0) is 16.7. The van der Waals surface area contributed by atoms with Crippen LogP contribution in [0.2, 0.25) is 0 Å². The van der Waals surface area contributed by atoms with Gasteiger partial charge in [0.15, 0.2) is 0 Å². The van der Waals surface area contributed by atoms with Crippen molar-refractivity contribution in [3.63, 3.8) is 0 Å². The molecule has 0 bridgehead atoms. The van der Waals surface area contributed by atoms with Crippen LogP contribution in [0.3, 0.4) is 0 Å². The van der Waals surface area contributed by atoms with Crippen LogP contribution in [-0.2, 0) is 15.3 Å². The average Bonchev–Trinajstić information content (AvgIpc) is 3.03. The van der Waals surface area contributed by atoms with Crippen LogP contribution in [0.1, 0.15) is 24.3 Å². The molecule has 1 aliphatic rings. The van der Waals surface area contributed by atoms with Gasteiger partial charge in [-0.05, 0) is 17.5 Å². The number of thiophene rings is 1. The largest absolute Gasteiger partial charge is 0.393 e. The Morgan fingerprint density at radius 1 is 1.26 bits per heavy atom. The Morgan fingerprint density at radius 3 is 2.52 bits per heavy atom. The second kappa shape index (κ2) is 5.59. The third-order valence-corrected chi connectivity index (χ3v) is 4.74. The summed E-state index contributed by atoms with van der Waals surface area (Å²) in [6, 6.07) is 8.49. The fourth-order valence-corrected chi connectivity index (χ4v) is 3.35. The van der Waals surface area contributed by atoms with Gasteiger partial charge in [0.05, 0.1) is 23.0 Å². The summed E-state index contributed by atoms with van der Waals surface area (Å²) >= 11 is 1.49. The first-order chi connectivity index (χ1) is 10.8. The average molecular weight is 334 g/mol. The Morgan fingerprint density at radius 2 is 1.96 bits per heavy atom. The highest BCUT2D eigenvalue weighted by atomic mass is 32.1. The molecule has 3 rings (SSSR count). The van der Waals surface area contributed by atoms with E-state index >= 15 is 0 Å². The van der Waals surface area contributed by atoms with Crippen molar-refractivity contribution in [3.8, 4) is 0 Å². The van der Waals surface area contributed by atoms with E-state index in [4.69, 9.17) is 15.2 Å². The fraction of sp³-hybridized carbons (Fsp3) is 0.375. The molecule has 7 heteroatoms. The molecule has 0 unspecified atom stereocenters. The molecule has 2 N–H and O–H groups in total. The molecule has 0 saturated carbocycles. The Kier molecular flexibility index (Phi) is 3.87. The smallest absolute Gasteiger partial charge is 0.292 e. The first kappa shape index (κ1) is 15.9. The SMILES string of the molecule is CC1(C)COC(c2ccc(N)c([N+](=O)[O-])c2)(c2cccs2)OC1. The van der Waals surface area contributed by atoms with Gasteiger partial charge in [0.25, 0.3) is 5.69 Å². The molecular weight excluding hydrogens is 316 g/mol. The van der Waals surface area contributed by atoms with Crippen LogP contribution in [0.25, 0.3) is 0 Å². The lowest BCUT2D eigenvalue weighted by Gasteiger charge is -2.43. The Balaban J connectivity index is 2.11. The minimum Gasteiger partial charge on any atom is -0.393 e. The molecule has 0 atom stereocenters. The normalized spacial score (nSPS) is 19.4. The topological polar surface area (TPSA) is 87.6 Å². The number of anilines is 1. The highest BCUT2D eigenvalue weighted by molar-refractivity contribution is 7.10. The predicted molar refractivity (Wildman–Crippen MR) is 88.3 cm³/mol. The molecular formula is C16H18N2O4S. The van der Waals surface area contributed by atoms with E-state index in [0.29, 0.717) is 18.8 Å². The number of hydrogen-bond donors (Lipinski definition) is 1. The van der Waals surface area contributed by atoms with Gasteiger partial charge in [-0.3, -0.25) is 10.1 Å². The second-order valence-corrected chi connectivity index (χ2v) is 7.31. The standard InChI is InChI=1S/C16H18N2O4S/c1-15(2)9-21-16(22-10-15,14-4-3-7-23-14)11-5-6-12(17)13(8-11)18(19)20/h3-8H,9-10,17H2,1-2H3. The van der Waals surface area contributed by atoms with E-state index in [-0.39, 0.29) is 16.8 Å². The van der Waals surface area contributed by atoms with E-state index in [0.717, 1.165) is 4.88 Å². The van der Waals surface area contributed by atoms with Crippen molar-refractivity contribution in [2.75, 3.05) is 18.9 Å². The van der Waals surface area contributed by atoms with Crippen LogP contribution in [0, 0.1) is 15.5 Å². The molecule has 0 spiro atoms. The summed E-state index contributed by atoms with van der Waals surface area (Å²) in [5, 5.41) is 13.1. The van der Waals surface area contributed by atoms with E-state index in [9.17, 15) is 10.1 Å². The van der Waals surface area contributed by atoms with Crippen molar-refractivity contribution >= 4 is 22.7 Å². The molecule has 0 radical (unpaired) electrons. The van der Waals surface area contributed by atoms with E-state index in [2.05, 4.69) is 13.8 Å². The Hall–Kier alpha value is -1.96. The highest BCUT2D eigenvalue weighted by Crippen LogP contribution is 2.44. The van der Waals surface area contributed by atoms with Gasteiger partial charge in [0.2, 0.25) is 5.79 Å². The molecule has 2 aromatic rings. The van der Waals surface area contributed by atoms with Crippen LogP contribution in [0.15, 0.2) is 35.7 Å². The van der Waals surface area contributed by atoms with Crippen LogP contribution < -0.4 is 5.73 Å². The van der Waals surface area contributed by atoms with Gasteiger partial charge in [-0.25, -0.2) is 0 Å². The van der Waals surface area contributed by atoms with Crippen molar-refractivity contribution in [2.24, 2.45) is 5.41 Å². The summed E-state index contributed by atoms with van der Waals surface area (Å²) in [7, 11) is 0. The summed E-state index contributed by atoms with van der Waals surface area (Å²) in [6.45, 7) is 5.08. The summed E-state index contributed by atoms with van der Waals surface area (Å²) < 4.78 is 12.2. The van der Waals surface area contributed by atoms with Gasteiger partial charge in [-0.2, -0.15) is 0 Å². The zero-order valence-corrected chi connectivity index (χ0v) is 13.8. The number of nitrogens with two attached hydrogens (primary N) is 1. The van der Waals surface area contributed by atoms with Gasteiger partial charge < -0.3 is 15.2 Å². The number of nitro groups is 1. The first-order valence-electron chi connectivity index (χ1n) is 7.20. The number of rotatable bonds is 3. The number of nitro benzene ring substituents is 1. The minimum atomic E-state index is -1.12. The Bertz CT molecular complexity index is 718. The third-order valence-electron chi connectivity index (χ3n) is 3.79. The maximum atomic E-state index is 11.2. The van der Waals surface area contributed by atoms with Gasteiger partial charge in [0.1, 0.15) is 5.69 Å². The molecule has 122 valence electrons. The lowest BCUT2D eigenvalue weighted by Crippen LogP contribution is -2.45. The molecule has 1 fully saturated rings. The lowest BCUT2D eigenvalue weighted by molar-refractivity contribution is -0.384. The summed E-state index contributed by atoms with van der Waals surface area (Å²) in [6.07, 6.45) is 0. The number of hydrogen-bond acceptors (Lipinski definition) is 6. The fourth-order valence-electron chi connectivity index (χ4n) is 2.50. The van der Waals surface area contributed by atoms with E-state index in [1.54, 1.807) is 6.07 Å². The lowest BCUT2D eigenvalue weighted by atomic mass is 9.92. The van der Waals surface area contributed by atoms with Crippen molar-refractivity contribution in [1.82, 2.24) is 0 Å². The summed E-state index contributed by atoms with van der Waals surface area (Å²) in [5.41, 5.74) is 6.15. The van der Waals surface area contributed by atoms with Crippen LogP contribution in [0.4, 0.5) is 11.4 Å². The van der Waals surface area contributed by atoms with Crippen molar-refractivity contribution in [3.05, 3.63) is 56.3 Å². The number of nitrogens with zero attached hydrogens (tertiary/aromatic N) is 1. The summed E-state index contributed by atoms with van der Waals surface area (Å²) in [5.74, 6) is -1.12. The Labute approximate surface area is 138 Å². The maximum absolute atomic E-state index is 11.2. The number of nitrogen functional groups attached to an aromatic ring is 1. The van der Waals surface area contributed by atoms with Crippen molar-refractivity contribution in [2.45, 2.75) is 19.6 Å². The number of benzene rings is 1. The molecule has 0 aliphatic carbocycles. The molecule has 6 nitrogen and oxygen atoms in total.